The van der Waals surface area contributed by atoms with E-state index in [2.05, 4.69) is 5.32 Å². The molecule has 1 aliphatic rings. The van der Waals surface area contributed by atoms with Crippen LogP contribution in [0.15, 0.2) is 24.3 Å². The number of hydrogen-bond acceptors (Lipinski definition) is 4. The van der Waals surface area contributed by atoms with Crippen molar-refractivity contribution in [3.63, 3.8) is 0 Å². The van der Waals surface area contributed by atoms with Gasteiger partial charge in [0.05, 0.1) is 0 Å². The Morgan fingerprint density at radius 1 is 1.21 bits per heavy atom. The van der Waals surface area contributed by atoms with Gasteiger partial charge in [0.25, 0.3) is 0 Å². The summed E-state index contributed by atoms with van der Waals surface area (Å²) >= 11 is 0. The molecule has 0 heterocycles. The van der Waals surface area contributed by atoms with Gasteiger partial charge in [0.1, 0.15) is 11.4 Å². The van der Waals surface area contributed by atoms with Crippen LogP contribution < -0.4 is 10.1 Å². The molecule has 0 aliphatic heterocycles. The van der Waals surface area contributed by atoms with Gasteiger partial charge in [-0.3, -0.25) is 0 Å². The fourth-order valence-corrected chi connectivity index (χ4v) is 3.44. The van der Waals surface area contributed by atoms with Crippen molar-refractivity contribution < 1.29 is 19.1 Å². The summed E-state index contributed by atoms with van der Waals surface area (Å²) in [6.45, 7) is 7.41. The van der Waals surface area contributed by atoms with Gasteiger partial charge in [0.2, 0.25) is 0 Å². The molecule has 0 spiro atoms. The Hall–Kier alpha value is -2.24. The molecule has 6 nitrogen and oxygen atoms in total. The molecule has 156 valence electrons. The Balaban J connectivity index is 1.88. The SMILES string of the molecule is CC(Cc1cccc(OC(=O)N(C)C2CCCCC2)c1)NC(=O)OC(C)(C)C. The predicted octanol–water partition coefficient (Wildman–Crippen LogP) is 4.91. The number of rotatable bonds is 5. The van der Waals surface area contributed by atoms with Gasteiger partial charge in [-0.2, -0.15) is 0 Å². The standard InChI is InChI=1S/C22H34N2O4/c1-16(23-20(25)28-22(2,3)4)14-17-10-9-13-19(15-17)27-21(26)24(5)18-11-7-6-8-12-18/h9-10,13,15-16,18H,6-8,11-12,14H2,1-5H3,(H,23,25). The van der Waals surface area contributed by atoms with E-state index in [1.807, 2.05) is 52.9 Å². The number of benzene rings is 1. The average molecular weight is 391 g/mol. The summed E-state index contributed by atoms with van der Waals surface area (Å²) in [6.07, 6.45) is 5.53. The number of amides is 2. The summed E-state index contributed by atoms with van der Waals surface area (Å²) < 4.78 is 10.9. The third-order valence-corrected chi connectivity index (χ3v) is 4.82. The number of nitrogens with zero attached hydrogens (tertiary/aromatic N) is 1. The van der Waals surface area contributed by atoms with E-state index in [9.17, 15) is 9.59 Å². The summed E-state index contributed by atoms with van der Waals surface area (Å²) in [6, 6.07) is 7.60. The number of ether oxygens (including phenoxy) is 2. The van der Waals surface area contributed by atoms with E-state index in [1.54, 1.807) is 11.0 Å². The number of carbonyl (C=O) groups is 2. The highest BCUT2D eigenvalue weighted by Gasteiger charge is 2.23. The van der Waals surface area contributed by atoms with Gasteiger partial charge in [-0.25, -0.2) is 9.59 Å². The van der Waals surface area contributed by atoms with E-state index in [0.717, 1.165) is 18.4 Å². The van der Waals surface area contributed by atoms with Crippen molar-refractivity contribution in [3.8, 4) is 5.75 Å². The second-order valence-electron chi connectivity index (χ2n) is 8.67. The zero-order chi connectivity index (χ0) is 20.7. The quantitative estimate of drug-likeness (QED) is 0.776. The molecule has 1 aliphatic carbocycles. The lowest BCUT2D eigenvalue weighted by molar-refractivity contribution is 0.0508. The van der Waals surface area contributed by atoms with Crippen molar-refractivity contribution in [2.45, 2.75) is 83.9 Å². The summed E-state index contributed by atoms with van der Waals surface area (Å²) in [4.78, 5) is 26.1. The second-order valence-corrected chi connectivity index (χ2v) is 8.67. The van der Waals surface area contributed by atoms with Crippen LogP contribution in [0, 0.1) is 0 Å². The van der Waals surface area contributed by atoms with Crippen LogP contribution in [0.3, 0.4) is 0 Å². The maximum absolute atomic E-state index is 12.5. The van der Waals surface area contributed by atoms with E-state index in [-0.39, 0.29) is 18.2 Å². The summed E-state index contributed by atoms with van der Waals surface area (Å²) in [5.74, 6) is 0.523. The normalized spacial score (nSPS) is 16.2. The Labute approximate surface area is 168 Å². The smallest absolute Gasteiger partial charge is 0.415 e. The lowest BCUT2D eigenvalue weighted by atomic mass is 9.95. The molecule has 0 bridgehead atoms. The lowest BCUT2D eigenvalue weighted by Crippen LogP contribution is -2.40. The van der Waals surface area contributed by atoms with Crippen molar-refractivity contribution in [2.75, 3.05) is 7.05 Å². The van der Waals surface area contributed by atoms with Gasteiger partial charge in [-0.15, -0.1) is 0 Å². The highest BCUT2D eigenvalue weighted by molar-refractivity contribution is 5.71. The fourth-order valence-electron chi connectivity index (χ4n) is 3.44. The van der Waals surface area contributed by atoms with Crippen molar-refractivity contribution in [1.29, 1.82) is 0 Å². The van der Waals surface area contributed by atoms with Crippen LogP contribution in [-0.2, 0) is 11.2 Å². The van der Waals surface area contributed by atoms with Gasteiger partial charge < -0.3 is 19.7 Å². The minimum atomic E-state index is -0.526. The highest BCUT2D eigenvalue weighted by atomic mass is 16.6. The third kappa shape index (κ3) is 7.41. The Kier molecular flexibility index (Phi) is 7.72. The molecule has 0 saturated heterocycles. The van der Waals surface area contributed by atoms with Crippen molar-refractivity contribution in [1.82, 2.24) is 10.2 Å². The zero-order valence-corrected chi connectivity index (χ0v) is 17.8. The lowest BCUT2D eigenvalue weighted by Gasteiger charge is -2.30. The monoisotopic (exact) mass is 390 g/mol. The second kappa shape index (κ2) is 9.80. The number of nitrogens with one attached hydrogen (secondary N) is 1. The van der Waals surface area contributed by atoms with Gasteiger partial charge in [-0.05, 0) is 64.7 Å². The molecule has 1 unspecified atom stereocenters. The molecule has 2 amide bonds. The predicted molar refractivity (Wildman–Crippen MR) is 110 cm³/mol. The zero-order valence-electron chi connectivity index (χ0n) is 17.8. The molecule has 1 atom stereocenters. The molecular weight excluding hydrogens is 356 g/mol. The van der Waals surface area contributed by atoms with E-state index < -0.39 is 11.7 Å². The molecule has 1 aromatic rings. The van der Waals surface area contributed by atoms with Crippen LogP contribution in [0.4, 0.5) is 9.59 Å². The minimum Gasteiger partial charge on any atom is -0.444 e. The molecule has 1 aromatic carbocycles. The molecule has 1 N–H and O–H groups in total. The minimum absolute atomic E-state index is 0.106. The number of hydrogen-bond donors (Lipinski definition) is 1. The maximum atomic E-state index is 12.5. The topological polar surface area (TPSA) is 67.9 Å². The molecule has 2 rings (SSSR count). The van der Waals surface area contributed by atoms with Crippen molar-refractivity contribution in [2.24, 2.45) is 0 Å². The van der Waals surface area contributed by atoms with Gasteiger partial charge >= 0.3 is 12.2 Å². The number of alkyl carbamates (subject to hydrolysis) is 1. The Morgan fingerprint density at radius 2 is 1.89 bits per heavy atom. The first kappa shape index (κ1) is 22.1. The van der Waals surface area contributed by atoms with Crippen molar-refractivity contribution >= 4 is 12.2 Å². The summed E-state index contributed by atoms with van der Waals surface area (Å²) in [5.41, 5.74) is 0.455. The first-order chi connectivity index (χ1) is 13.1. The molecule has 28 heavy (non-hydrogen) atoms. The van der Waals surface area contributed by atoms with Gasteiger partial charge in [0.15, 0.2) is 0 Å². The van der Waals surface area contributed by atoms with Gasteiger partial charge in [-0.1, -0.05) is 31.4 Å². The molecule has 1 saturated carbocycles. The van der Waals surface area contributed by atoms with E-state index in [4.69, 9.17) is 9.47 Å². The molecule has 0 radical (unpaired) electrons. The molecule has 6 heteroatoms. The van der Waals surface area contributed by atoms with Crippen molar-refractivity contribution in [3.05, 3.63) is 29.8 Å². The molecule has 0 aromatic heterocycles. The van der Waals surface area contributed by atoms with Crippen LogP contribution in [0.1, 0.15) is 65.4 Å². The van der Waals surface area contributed by atoms with Crippen LogP contribution in [0.5, 0.6) is 5.75 Å². The summed E-state index contributed by atoms with van der Waals surface area (Å²) in [5, 5.41) is 2.83. The molecule has 1 fully saturated rings. The first-order valence-corrected chi connectivity index (χ1v) is 10.2. The van der Waals surface area contributed by atoms with E-state index in [1.165, 1.54) is 19.3 Å². The van der Waals surface area contributed by atoms with Crippen LogP contribution in [0.25, 0.3) is 0 Å². The highest BCUT2D eigenvalue weighted by Crippen LogP contribution is 2.23. The summed E-state index contributed by atoms with van der Waals surface area (Å²) in [7, 11) is 1.81. The fraction of sp³-hybridized carbons (Fsp3) is 0.636. The Morgan fingerprint density at radius 3 is 2.54 bits per heavy atom. The van der Waals surface area contributed by atoms with Crippen LogP contribution in [0.2, 0.25) is 0 Å². The van der Waals surface area contributed by atoms with E-state index in [0.29, 0.717) is 12.2 Å². The third-order valence-electron chi connectivity index (χ3n) is 4.82. The van der Waals surface area contributed by atoms with Gasteiger partial charge in [0, 0.05) is 19.1 Å². The Bertz CT molecular complexity index is 663. The average Bonchev–Trinajstić information content (AvgIpc) is 2.60. The van der Waals surface area contributed by atoms with Crippen LogP contribution in [-0.4, -0.2) is 41.8 Å². The van der Waals surface area contributed by atoms with Crippen LogP contribution >= 0.6 is 0 Å². The number of carbonyl (C=O) groups excluding carboxylic acids is 2. The molecular formula is C22H34N2O4. The maximum Gasteiger partial charge on any atom is 0.415 e. The van der Waals surface area contributed by atoms with E-state index >= 15 is 0 Å². The largest absolute Gasteiger partial charge is 0.444 e. The first-order valence-electron chi connectivity index (χ1n) is 10.2.